The van der Waals surface area contributed by atoms with Gasteiger partial charge in [0, 0.05) is 28.9 Å². The van der Waals surface area contributed by atoms with Gasteiger partial charge in [0.2, 0.25) is 0 Å². The van der Waals surface area contributed by atoms with Crippen molar-refractivity contribution >= 4 is 16.9 Å². The van der Waals surface area contributed by atoms with Crippen LogP contribution in [-0.4, -0.2) is 27.5 Å². The Morgan fingerprint density at radius 2 is 2.10 bits per heavy atom. The summed E-state index contributed by atoms with van der Waals surface area (Å²) in [5.41, 5.74) is 3.19. The predicted molar refractivity (Wildman–Crippen MR) is 75.3 cm³/mol. The molecule has 0 aliphatic rings. The lowest BCUT2D eigenvalue weighted by atomic mass is 10.1. The lowest BCUT2D eigenvalue weighted by molar-refractivity contribution is 0.0520. The van der Waals surface area contributed by atoms with Gasteiger partial charge in [-0.25, -0.2) is 14.8 Å². The number of hydrogen-bond acceptors (Lipinski definition) is 4. The van der Waals surface area contributed by atoms with Gasteiger partial charge in [-0.2, -0.15) is 0 Å². The molecule has 0 spiro atoms. The van der Waals surface area contributed by atoms with Gasteiger partial charge in [0.05, 0.1) is 12.1 Å². The standard InChI is InChI=1S/C15H13N3O2/c1-2-20-15(19)13-6-10-4-3-5-12(14(10)18-13)11-7-16-9-17-8-11/h3-9,18H,2H2,1H3. The van der Waals surface area contributed by atoms with Gasteiger partial charge in [-0.05, 0) is 13.0 Å². The highest BCUT2D eigenvalue weighted by atomic mass is 16.5. The van der Waals surface area contributed by atoms with Gasteiger partial charge in [-0.1, -0.05) is 18.2 Å². The topological polar surface area (TPSA) is 67.9 Å². The smallest absolute Gasteiger partial charge is 0.354 e. The van der Waals surface area contributed by atoms with E-state index in [1.807, 2.05) is 18.2 Å². The zero-order chi connectivity index (χ0) is 13.9. The molecule has 0 aliphatic carbocycles. The fourth-order valence-electron chi connectivity index (χ4n) is 2.15. The first kappa shape index (κ1) is 12.3. The van der Waals surface area contributed by atoms with E-state index in [0.29, 0.717) is 12.3 Å². The molecule has 5 nitrogen and oxygen atoms in total. The molecular formula is C15H13N3O2. The SMILES string of the molecule is CCOC(=O)c1cc2cccc(-c3cncnc3)c2[nH]1. The molecule has 100 valence electrons. The summed E-state index contributed by atoms with van der Waals surface area (Å²) in [6.07, 6.45) is 4.97. The minimum atomic E-state index is -0.348. The molecule has 0 saturated heterocycles. The maximum atomic E-state index is 11.8. The monoisotopic (exact) mass is 267 g/mol. The van der Waals surface area contributed by atoms with Crippen molar-refractivity contribution in [1.29, 1.82) is 0 Å². The van der Waals surface area contributed by atoms with Crippen LogP contribution in [0.4, 0.5) is 0 Å². The maximum Gasteiger partial charge on any atom is 0.354 e. The van der Waals surface area contributed by atoms with Crippen molar-refractivity contribution in [1.82, 2.24) is 15.0 Å². The molecule has 2 aromatic heterocycles. The molecule has 0 fully saturated rings. The Morgan fingerprint density at radius 3 is 2.85 bits per heavy atom. The molecular weight excluding hydrogens is 254 g/mol. The van der Waals surface area contributed by atoms with Gasteiger partial charge in [-0.15, -0.1) is 0 Å². The van der Waals surface area contributed by atoms with E-state index in [9.17, 15) is 4.79 Å². The van der Waals surface area contributed by atoms with Crippen molar-refractivity contribution < 1.29 is 9.53 Å². The number of nitrogens with one attached hydrogen (secondary N) is 1. The van der Waals surface area contributed by atoms with Crippen LogP contribution in [0.25, 0.3) is 22.0 Å². The van der Waals surface area contributed by atoms with E-state index in [1.165, 1.54) is 6.33 Å². The lowest BCUT2D eigenvalue weighted by Gasteiger charge is -2.02. The second kappa shape index (κ2) is 5.13. The van der Waals surface area contributed by atoms with Crippen LogP contribution in [0, 0.1) is 0 Å². The largest absolute Gasteiger partial charge is 0.461 e. The number of fused-ring (bicyclic) bond motifs is 1. The number of rotatable bonds is 3. The Labute approximate surface area is 115 Å². The molecule has 0 atom stereocenters. The predicted octanol–water partition coefficient (Wildman–Crippen LogP) is 2.80. The van der Waals surface area contributed by atoms with E-state index in [0.717, 1.165) is 22.0 Å². The molecule has 0 bridgehead atoms. The zero-order valence-corrected chi connectivity index (χ0v) is 11.0. The Hall–Kier alpha value is -2.69. The van der Waals surface area contributed by atoms with Crippen molar-refractivity contribution in [2.75, 3.05) is 6.61 Å². The fourth-order valence-corrected chi connectivity index (χ4v) is 2.15. The van der Waals surface area contributed by atoms with Crippen LogP contribution in [0.1, 0.15) is 17.4 Å². The number of nitrogens with zero attached hydrogens (tertiary/aromatic N) is 2. The summed E-state index contributed by atoms with van der Waals surface area (Å²) < 4.78 is 5.01. The average molecular weight is 267 g/mol. The van der Waals surface area contributed by atoms with Crippen LogP contribution in [0.3, 0.4) is 0 Å². The summed E-state index contributed by atoms with van der Waals surface area (Å²) in [6, 6.07) is 7.64. The Kier molecular flexibility index (Phi) is 3.16. The van der Waals surface area contributed by atoms with Crippen LogP contribution < -0.4 is 0 Å². The summed E-state index contributed by atoms with van der Waals surface area (Å²) >= 11 is 0. The van der Waals surface area contributed by atoms with Gasteiger partial charge < -0.3 is 9.72 Å². The lowest BCUT2D eigenvalue weighted by Crippen LogP contribution is -2.04. The summed E-state index contributed by atoms with van der Waals surface area (Å²) in [4.78, 5) is 22.9. The summed E-state index contributed by atoms with van der Waals surface area (Å²) in [5, 5.41) is 0.953. The number of para-hydroxylation sites is 1. The Bertz CT molecular complexity index is 750. The van der Waals surface area contributed by atoms with Gasteiger partial charge in [-0.3, -0.25) is 0 Å². The molecule has 1 N–H and O–H groups in total. The molecule has 0 amide bonds. The van der Waals surface area contributed by atoms with Crippen molar-refractivity contribution in [3.05, 3.63) is 48.7 Å². The zero-order valence-electron chi connectivity index (χ0n) is 11.0. The van der Waals surface area contributed by atoms with Crippen LogP contribution in [0.15, 0.2) is 43.0 Å². The van der Waals surface area contributed by atoms with Gasteiger partial charge in [0.15, 0.2) is 0 Å². The quantitative estimate of drug-likeness (QED) is 0.741. The first-order valence-corrected chi connectivity index (χ1v) is 6.34. The van der Waals surface area contributed by atoms with E-state index in [4.69, 9.17) is 4.74 Å². The van der Waals surface area contributed by atoms with Crippen molar-refractivity contribution in [3.8, 4) is 11.1 Å². The van der Waals surface area contributed by atoms with E-state index < -0.39 is 0 Å². The van der Waals surface area contributed by atoms with Crippen molar-refractivity contribution in [2.45, 2.75) is 6.92 Å². The third-order valence-electron chi connectivity index (χ3n) is 3.02. The number of carbonyl (C=O) groups is 1. The highest BCUT2D eigenvalue weighted by Gasteiger charge is 2.13. The number of esters is 1. The van der Waals surface area contributed by atoms with Crippen LogP contribution in [0.5, 0.6) is 0 Å². The number of H-pyrrole nitrogens is 1. The van der Waals surface area contributed by atoms with Crippen LogP contribution in [-0.2, 0) is 4.74 Å². The fraction of sp³-hybridized carbons (Fsp3) is 0.133. The third-order valence-corrected chi connectivity index (χ3v) is 3.02. The van der Waals surface area contributed by atoms with Crippen molar-refractivity contribution in [2.24, 2.45) is 0 Å². The van der Waals surface area contributed by atoms with E-state index >= 15 is 0 Å². The molecule has 2 heterocycles. The Morgan fingerprint density at radius 1 is 1.30 bits per heavy atom. The van der Waals surface area contributed by atoms with Gasteiger partial charge >= 0.3 is 5.97 Å². The normalized spacial score (nSPS) is 10.7. The Balaban J connectivity index is 2.13. The highest BCUT2D eigenvalue weighted by molar-refractivity contribution is 6.00. The molecule has 0 saturated carbocycles. The van der Waals surface area contributed by atoms with E-state index in [2.05, 4.69) is 15.0 Å². The summed E-state index contributed by atoms with van der Waals surface area (Å²) in [6.45, 7) is 2.14. The number of ether oxygens (including phenoxy) is 1. The molecule has 0 aliphatic heterocycles. The first-order chi connectivity index (χ1) is 9.79. The van der Waals surface area contributed by atoms with E-state index in [1.54, 1.807) is 25.4 Å². The minimum Gasteiger partial charge on any atom is -0.461 e. The summed E-state index contributed by atoms with van der Waals surface area (Å²) in [5.74, 6) is -0.348. The highest BCUT2D eigenvalue weighted by Crippen LogP contribution is 2.27. The molecule has 1 aromatic carbocycles. The number of carbonyl (C=O) groups excluding carboxylic acids is 1. The van der Waals surface area contributed by atoms with E-state index in [-0.39, 0.29) is 5.97 Å². The second-order valence-corrected chi connectivity index (χ2v) is 4.30. The van der Waals surface area contributed by atoms with Crippen molar-refractivity contribution in [3.63, 3.8) is 0 Å². The van der Waals surface area contributed by atoms with Crippen LogP contribution >= 0.6 is 0 Å². The number of aromatic nitrogens is 3. The van der Waals surface area contributed by atoms with Crippen LogP contribution in [0.2, 0.25) is 0 Å². The number of aromatic amines is 1. The molecule has 3 rings (SSSR count). The maximum absolute atomic E-state index is 11.8. The van der Waals surface area contributed by atoms with Gasteiger partial charge in [0.1, 0.15) is 12.0 Å². The average Bonchev–Trinajstić information content (AvgIpc) is 2.92. The number of hydrogen-bond donors (Lipinski definition) is 1. The molecule has 5 heteroatoms. The second-order valence-electron chi connectivity index (χ2n) is 4.30. The summed E-state index contributed by atoms with van der Waals surface area (Å²) in [7, 11) is 0. The minimum absolute atomic E-state index is 0.348. The molecule has 20 heavy (non-hydrogen) atoms. The third kappa shape index (κ3) is 2.14. The van der Waals surface area contributed by atoms with Gasteiger partial charge in [0.25, 0.3) is 0 Å². The molecule has 0 radical (unpaired) electrons. The number of benzene rings is 1. The first-order valence-electron chi connectivity index (χ1n) is 6.34. The molecule has 3 aromatic rings. The molecule has 0 unspecified atom stereocenters.